The van der Waals surface area contributed by atoms with Crippen molar-refractivity contribution in [2.75, 3.05) is 0 Å². The fourth-order valence-electron chi connectivity index (χ4n) is 2.32. The van der Waals surface area contributed by atoms with Gasteiger partial charge in [0.05, 0.1) is 0 Å². The van der Waals surface area contributed by atoms with Crippen LogP contribution in [0.15, 0.2) is 48.5 Å². The lowest BCUT2D eigenvalue weighted by atomic mass is 10.0. The van der Waals surface area contributed by atoms with Crippen LogP contribution < -0.4 is 5.73 Å². The van der Waals surface area contributed by atoms with Crippen molar-refractivity contribution in [2.45, 2.75) is 37.3 Å². The van der Waals surface area contributed by atoms with Crippen LogP contribution in [0.1, 0.15) is 35.3 Å². The highest BCUT2D eigenvalue weighted by Crippen LogP contribution is 2.35. The van der Waals surface area contributed by atoms with E-state index in [4.69, 9.17) is 17.3 Å². The first-order valence-electron chi connectivity index (χ1n) is 7.28. The molecule has 0 heterocycles. The molecule has 0 saturated heterocycles. The number of hydrogen-bond acceptors (Lipinski definition) is 2. The summed E-state index contributed by atoms with van der Waals surface area (Å²) in [6, 6.07) is 16.9. The SMILES string of the molecule is CCC(N)C(SCc1cccc(C)c1)c1ccc(Cl)cc1. The molecule has 0 aliphatic rings. The smallest absolute Gasteiger partial charge is 0.0451 e. The first-order valence-corrected chi connectivity index (χ1v) is 8.71. The van der Waals surface area contributed by atoms with Crippen LogP contribution in [0, 0.1) is 6.92 Å². The maximum absolute atomic E-state index is 6.33. The summed E-state index contributed by atoms with van der Waals surface area (Å²) in [6.07, 6.45) is 0.966. The Morgan fingerprint density at radius 2 is 1.86 bits per heavy atom. The molecule has 2 aromatic rings. The van der Waals surface area contributed by atoms with E-state index < -0.39 is 0 Å². The van der Waals surface area contributed by atoms with Crippen molar-refractivity contribution in [3.63, 3.8) is 0 Å². The lowest BCUT2D eigenvalue weighted by Gasteiger charge is -2.23. The molecule has 21 heavy (non-hydrogen) atoms. The van der Waals surface area contributed by atoms with Gasteiger partial charge in [0.1, 0.15) is 0 Å². The van der Waals surface area contributed by atoms with Crippen molar-refractivity contribution < 1.29 is 0 Å². The molecule has 2 rings (SSSR count). The molecule has 1 nitrogen and oxygen atoms in total. The molecule has 0 aromatic heterocycles. The van der Waals surface area contributed by atoms with Gasteiger partial charge in [0, 0.05) is 22.1 Å². The summed E-state index contributed by atoms with van der Waals surface area (Å²) in [7, 11) is 0. The largest absolute Gasteiger partial charge is 0.326 e. The topological polar surface area (TPSA) is 26.0 Å². The Morgan fingerprint density at radius 3 is 2.48 bits per heavy atom. The summed E-state index contributed by atoms with van der Waals surface area (Å²) in [5, 5.41) is 1.07. The molecule has 0 fully saturated rings. The number of benzene rings is 2. The van der Waals surface area contributed by atoms with Gasteiger partial charge in [-0.05, 0) is 36.6 Å². The van der Waals surface area contributed by atoms with Gasteiger partial charge in [-0.15, -0.1) is 11.8 Å². The quantitative estimate of drug-likeness (QED) is 0.775. The summed E-state index contributed by atoms with van der Waals surface area (Å²) >= 11 is 7.89. The third-order valence-corrected chi connectivity index (χ3v) is 5.30. The second-order valence-electron chi connectivity index (χ2n) is 5.34. The monoisotopic (exact) mass is 319 g/mol. The number of halogens is 1. The van der Waals surface area contributed by atoms with E-state index in [1.165, 1.54) is 16.7 Å². The maximum atomic E-state index is 6.33. The van der Waals surface area contributed by atoms with Crippen molar-refractivity contribution in [1.82, 2.24) is 0 Å². The zero-order valence-electron chi connectivity index (χ0n) is 12.6. The van der Waals surface area contributed by atoms with Crippen molar-refractivity contribution >= 4 is 23.4 Å². The molecule has 112 valence electrons. The molecular weight excluding hydrogens is 298 g/mol. The molecule has 2 unspecified atom stereocenters. The molecular formula is C18H22ClNS. The van der Waals surface area contributed by atoms with Crippen molar-refractivity contribution in [3.8, 4) is 0 Å². The Labute approximate surface area is 136 Å². The second kappa shape index (κ2) is 7.88. The lowest BCUT2D eigenvalue weighted by molar-refractivity contribution is 0.634. The standard InChI is InChI=1S/C18H22ClNS/c1-3-17(20)18(15-7-9-16(19)10-8-15)21-12-14-6-4-5-13(2)11-14/h4-11,17-18H,3,12,20H2,1-2H3. The van der Waals surface area contributed by atoms with Crippen molar-refractivity contribution in [1.29, 1.82) is 0 Å². The van der Waals surface area contributed by atoms with Crippen LogP contribution in [-0.2, 0) is 5.75 Å². The van der Waals surface area contributed by atoms with Gasteiger partial charge in [0.15, 0.2) is 0 Å². The zero-order valence-corrected chi connectivity index (χ0v) is 14.1. The van der Waals surface area contributed by atoms with Gasteiger partial charge in [-0.3, -0.25) is 0 Å². The Kier molecular flexibility index (Phi) is 6.16. The molecule has 2 atom stereocenters. The normalized spacial score (nSPS) is 13.9. The second-order valence-corrected chi connectivity index (χ2v) is 6.91. The van der Waals surface area contributed by atoms with Crippen LogP contribution in [0.4, 0.5) is 0 Å². The van der Waals surface area contributed by atoms with Crippen LogP contribution in [0.5, 0.6) is 0 Å². The van der Waals surface area contributed by atoms with Crippen LogP contribution in [0.3, 0.4) is 0 Å². The van der Waals surface area contributed by atoms with E-state index in [1.807, 2.05) is 23.9 Å². The summed E-state index contributed by atoms with van der Waals surface area (Å²) in [4.78, 5) is 0. The molecule has 2 aromatic carbocycles. The van der Waals surface area contributed by atoms with Gasteiger partial charge in [0.25, 0.3) is 0 Å². The predicted molar refractivity (Wildman–Crippen MR) is 94.9 cm³/mol. The van der Waals surface area contributed by atoms with Gasteiger partial charge in [-0.25, -0.2) is 0 Å². The Hall–Kier alpha value is -0.960. The Morgan fingerprint density at radius 1 is 1.14 bits per heavy atom. The minimum absolute atomic E-state index is 0.154. The fourth-order valence-corrected chi connectivity index (χ4v) is 3.79. The van der Waals surface area contributed by atoms with E-state index in [0.29, 0.717) is 5.25 Å². The summed E-state index contributed by atoms with van der Waals surface area (Å²) in [5.74, 6) is 0.975. The van der Waals surface area contributed by atoms with E-state index >= 15 is 0 Å². The minimum Gasteiger partial charge on any atom is -0.326 e. The Balaban J connectivity index is 2.11. The number of rotatable bonds is 6. The molecule has 0 aliphatic carbocycles. The molecule has 3 heteroatoms. The first-order chi connectivity index (χ1) is 10.1. The molecule has 0 aliphatic heterocycles. The highest BCUT2D eigenvalue weighted by atomic mass is 35.5. The van der Waals surface area contributed by atoms with E-state index in [-0.39, 0.29) is 6.04 Å². The molecule has 0 saturated carbocycles. The summed E-state index contributed by atoms with van der Waals surface area (Å²) in [5.41, 5.74) is 10.2. The van der Waals surface area contributed by atoms with Gasteiger partial charge >= 0.3 is 0 Å². The van der Waals surface area contributed by atoms with Crippen molar-refractivity contribution in [3.05, 3.63) is 70.2 Å². The number of aryl methyl sites for hydroxylation is 1. The molecule has 0 amide bonds. The van der Waals surface area contributed by atoms with E-state index in [0.717, 1.165) is 17.2 Å². The van der Waals surface area contributed by atoms with Gasteiger partial charge < -0.3 is 5.73 Å². The Bertz CT molecular complexity index is 568. The van der Waals surface area contributed by atoms with E-state index in [9.17, 15) is 0 Å². The highest BCUT2D eigenvalue weighted by molar-refractivity contribution is 7.98. The van der Waals surface area contributed by atoms with Crippen LogP contribution in [0.2, 0.25) is 5.02 Å². The van der Waals surface area contributed by atoms with Crippen LogP contribution >= 0.6 is 23.4 Å². The highest BCUT2D eigenvalue weighted by Gasteiger charge is 2.19. The van der Waals surface area contributed by atoms with E-state index in [1.54, 1.807) is 0 Å². The third-order valence-electron chi connectivity index (χ3n) is 3.57. The average molecular weight is 320 g/mol. The molecule has 0 bridgehead atoms. The van der Waals surface area contributed by atoms with Crippen LogP contribution in [0.25, 0.3) is 0 Å². The fraction of sp³-hybridized carbons (Fsp3) is 0.333. The maximum Gasteiger partial charge on any atom is 0.0451 e. The number of nitrogens with two attached hydrogens (primary N) is 1. The minimum atomic E-state index is 0.154. The zero-order chi connectivity index (χ0) is 15.2. The van der Waals surface area contributed by atoms with Gasteiger partial charge in [0.2, 0.25) is 0 Å². The predicted octanol–water partition coefficient (Wildman–Crippen LogP) is 5.36. The molecule has 2 N–H and O–H groups in total. The van der Waals surface area contributed by atoms with Crippen molar-refractivity contribution in [2.24, 2.45) is 5.73 Å². The van der Waals surface area contributed by atoms with E-state index in [2.05, 4.69) is 50.2 Å². The lowest BCUT2D eigenvalue weighted by Crippen LogP contribution is -2.25. The van der Waals surface area contributed by atoms with Crippen LogP contribution in [-0.4, -0.2) is 6.04 Å². The summed E-state index contributed by atoms with van der Waals surface area (Å²) in [6.45, 7) is 4.27. The molecule has 0 radical (unpaired) electrons. The number of thioether (sulfide) groups is 1. The third kappa shape index (κ3) is 4.77. The first kappa shape index (κ1) is 16.4. The number of hydrogen-bond donors (Lipinski definition) is 1. The summed E-state index contributed by atoms with van der Waals surface area (Å²) < 4.78 is 0. The molecule has 0 spiro atoms. The average Bonchev–Trinajstić information content (AvgIpc) is 2.49. The van der Waals surface area contributed by atoms with Gasteiger partial charge in [-0.2, -0.15) is 0 Å². The van der Waals surface area contributed by atoms with Gasteiger partial charge in [-0.1, -0.05) is 60.5 Å².